The van der Waals surface area contributed by atoms with Crippen LogP contribution in [0.4, 0.5) is 5.69 Å². The minimum atomic E-state index is -0.405. The van der Waals surface area contributed by atoms with Crippen molar-refractivity contribution in [3.63, 3.8) is 0 Å². The van der Waals surface area contributed by atoms with E-state index in [-0.39, 0.29) is 11.8 Å². The van der Waals surface area contributed by atoms with Gasteiger partial charge in [-0.1, -0.05) is 6.92 Å². The third-order valence-corrected chi connectivity index (χ3v) is 3.59. The molecule has 0 aliphatic carbocycles. The average Bonchev–Trinajstić information content (AvgIpc) is 2.99. The van der Waals surface area contributed by atoms with E-state index in [0.29, 0.717) is 17.8 Å². The van der Waals surface area contributed by atoms with E-state index >= 15 is 0 Å². The number of hydrogen-bond acceptors (Lipinski definition) is 5. The van der Waals surface area contributed by atoms with Crippen LogP contribution in [0.25, 0.3) is 11.0 Å². The van der Waals surface area contributed by atoms with Gasteiger partial charge in [-0.2, -0.15) is 5.10 Å². The predicted molar refractivity (Wildman–Crippen MR) is 85.0 cm³/mol. The predicted octanol–water partition coefficient (Wildman–Crippen LogP) is 1.97. The Morgan fingerprint density at radius 2 is 2.22 bits per heavy atom. The Kier molecular flexibility index (Phi) is 3.92. The first-order valence-electron chi connectivity index (χ1n) is 7.21. The van der Waals surface area contributed by atoms with E-state index in [4.69, 9.17) is 4.42 Å². The number of nitrogens with zero attached hydrogens (tertiary/aromatic N) is 3. The average molecular weight is 312 g/mol. The van der Waals surface area contributed by atoms with Crippen molar-refractivity contribution in [2.45, 2.75) is 20.4 Å². The van der Waals surface area contributed by atoms with Crippen LogP contribution in [-0.4, -0.2) is 20.7 Å². The standard InChI is InChI=1S/C16H16N4O3/c1-10-5-15(21)23-14-6-12(3-4-13(10)14)19-16(22)11(2)7-20-9-17-8-18-20/h3-6,8-9,11H,7H2,1-2H3,(H,19,22). The molecule has 0 aliphatic rings. The number of amides is 1. The molecule has 23 heavy (non-hydrogen) atoms. The quantitative estimate of drug-likeness (QED) is 0.744. The second kappa shape index (κ2) is 6.04. The second-order valence-corrected chi connectivity index (χ2v) is 5.47. The highest BCUT2D eigenvalue weighted by Crippen LogP contribution is 2.21. The first-order chi connectivity index (χ1) is 11.0. The van der Waals surface area contributed by atoms with Gasteiger partial charge in [0, 0.05) is 23.2 Å². The van der Waals surface area contributed by atoms with Crippen molar-refractivity contribution in [2.75, 3.05) is 5.32 Å². The summed E-state index contributed by atoms with van der Waals surface area (Å²) in [4.78, 5) is 27.5. The van der Waals surface area contributed by atoms with Gasteiger partial charge >= 0.3 is 5.63 Å². The van der Waals surface area contributed by atoms with Crippen molar-refractivity contribution in [1.29, 1.82) is 0 Å². The van der Waals surface area contributed by atoms with Crippen LogP contribution in [-0.2, 0) is 11.3 Å². The van der Waals surface area contributed by atoms with E-state index in [0.717, 1.165) is 10.9 Å². The van der Waals surface area contributed by atoms with Crippen molar-refractivity contribution >= 4 is 22.6 Å². The number of aromatic nitrogens is 3. The molecule has 1 atom stereocenters. The summed E-state index contributed by atoms with van der Waals surface area (Å²) in [5.41, 5.74) is 1.48. The van der Waals surface area contributed by atoms with E-state index in [1.807, 2.05) is 19.9 Å². The van der Waals surface area contributed by atoms with Crippen LogP contribution < -0.4 is 10.9 Å². The SMILES string of the molecule is Cc1cc(=O)oc2cc(NC(=O)C(C)Cn3cncn3)ccc12. The highest BCUT2D eigenvalue weighted by atomic mass is 16.4. The van der Waals surface area contributed by atoms with Crippen LogP contribution in [0.1, 0.15) is 12.5 Å². The fourth-order valence-electron chi connectivity index (χ4n) is 2.36. The number of nitrogens with one attached hydrogen (secondary N) is 1. The van der Waals surface area contributed by atoms with Gasteiger partial charge in [0.2, 0.25) is 5.91 Å². The lowest BCUT2D eigenvalue weighted by Crippen LogP contribution is -2.24. The minimum Gasteiger partial charge on any atom is -0.423 e. The van der Waals surface area contributed by atoms with Crippen molar-refractivity contribution < 1.29 is 9.21 Å². The second-order valence-electron chi connectivity index (χ2n) is 5.47. The molecule has 1 unspecified atom stereocenters. The molecule has 0 bridgehead atoms. The fraction of sp³-hybridized carbons (Fsp3) is 0.250. The van der Waals surface area contributed by atoms with Crippen LogP contribution in [0.5, 0.6) is 0 Å². The summed E-state index contributed by atoms with van der Waals surface area (Å²) in [6, 6.07) is 6.71. The molecule has 1 amide bonds. The summed E-state index contributed by atoms with van der Waals surface area (Å²) in [5.74, 6) is -0.424. The Hall–Kier alpha value is -2.96. The molecule has 2 aromatic heterocycles. The maximum Gasteiger partial charge on any atom is 0.336 e. The Morgan fingerprint density at radius 3 is 2.96 bits per heavy atom. The molecule has 0 spiro atoms. The van der Waals surface area contributed by atoms with Gasteiger partial charge in [-0.25, -0.2) is 9.78 Å². The van der Waals surface area contributed by atoms with Crippen molar-refractivity contribution in [2.24, 2.45) is 5.92 Å². The summed E-state index contributed by atoms with van der Waals surface area (Å²) in [7, 11) is 0. The third-order valence-electron chi connectivity index (χ3n) is 3.59. The molecular weight excluding hydrogens is 296 g/mol. The van der Waals surface area contributed by atoms with Crippen LogP contribution >= 0.6 is 0 Å². The van der Waals surface area contributed by atoms with Gasteiger partial charge < -0.3 is 9.73 Å². The molecule has 1 aromatic carbocycles. The van der Waals surface area contributed by atoms with Crippen molar-refractivity contribution in [3.8, 4) is 0 Å². The number of carbonyl (C=O) groups excluding carboxylic acids is 1. The molecule has 0 aliphatic heterocycles. The van der Waals surface area contributed by atoms with Crippen LogP contribution in [0.2, 0.25) is 0 Å². The molecule has 3 aromatic rings. The van der Waals surface area contributed by atoms with E-state index in [1.54, 1.807) is 23.1 Å². The molecule has 7 heteroatoms. The van der Waals surface area contributed by atoms with Crippen molar-refractivity contribution in [1.82, 2.24) is 14.8 Å². The summed E-state index contributed by atoms with van der Waals surface area (Å²) in [5, 5.41) is 7.65. The summed E-state index contributed by atoms with van der Waals surface area (Å²) in [6.07, 6.45) is 3.00. The highest BCUT2D eigenvalue weighted by molar-refractivity contribution is 5.94. The third kappa shape index (κ3) is 3.28. The lowest BCUT2D eigenvalue weighted by Gasteiger charge is -2.12. The van der Waals surface area contributed by atoms with Gasteiger partial charge in [-0.05, 0) is 24.6 Å². The Morgan fingerprint density at radius 1 is 1.39 bits per heavy atom. The van der Waals surface area contributed by atoms with Gasteiger partial charge in [0.15, 0.2) is 0 Å². The smallest absolute Gasteiger partial charge is 0.336 e. The maximum absolute atomic E-state index is 12.2. The molecule has 2 heterocycles. The Balaban J connectivity index is 1.78. The Labute approximate surface area is 131 Å². The van der Waals surface area contributed by atoms with Gasteiger partial charge in [-0.15, -0.1) is 0 Å². The number of benzene rings is 1. The van der Waals surface area contributed by atoms with Gasteiger partial charge in [0.05, 0.1) is 12.5 Å². The van der Waals surface area contributed by atoms with E-state index in [2.05, 4.69) is 15.4 Å². The Bertz CT molecular complexity index is 899. The number of rotatable bonds is 4. The largest absolute Gasteiger partial charge is 0.423 e. The van der Waals surface area contributed by atoms with E-state index in [1.165, 1.54) is 12.4 Å². The normalized spacial score (nSPS) is 12.3. The van der Waals surface area contributed by atoms with E-state index in [9.17, 15) is 9.59 Å². The molecule has 0 radical (unpaired) electrons. The van der Waals surface area contributed by atoms with Gasteiger partial charge in [-0.3, -0.25) is 9.48 Å². The summed E-state index contributed by atoms with van der Waals surface area (Å²) in [6.45, 7) is 4.09. The molecule has 7 nitrogen and oxygen atoms in total. The zero-order chi connectivity index (χ0) is 16.4. The topological polar surface area (TPSA) is 90.0 Å². The van der Waals surface area contributed by atoms with Gasteiger partial charge in [0.25, 0.3) is 0 Å². The summed E-state index contributed by atoms with van der Waals surface area (Å²) >= 11 is 0. The first-order valence-corrected chi connectivity index (χ1v) is 7.21. The van der Waals surface area contributed by atoms with E-state index < -0.39 is 5.63 Å². The zero-order valence-corrected chi connectivity index (χ0v) is 12.8. The zero-order valence-electron chi connectivity index (χ0n) is 12.8. The molecule has 118 valence electrons. The summed E-state index contributed by atoms with van der Waals surface area (Å²) < 4.78 is 6.79. The maximum atomic E-state index is 12.2. The lowest BCUT2D eigenvalue weighted by molar-refractivity contribution is -0.119. The monoisotopic (exact) mass is 312 g/mol. The number of anilines is 1. The lowest BCUT2D eigenvalue weighted by atomic mass is 10.1. The minimum absolute atomic E-state index is 0.144. The molecule has 0 saturated carbocycles. The fourth-order valence-corrected chi connectivity index (χ4v) is 2.36. The molecular formula is C16H16N4O3. The number of carbonyl (C=O) groups is 1. The highest BCUT2D eigenvalue weighted by Gasteiger charge is 2.14. The van der Waals surface area contributed by atoms with Crippen molar-refractivity contribution in [3.05, 3.63) is 52.9 Å². The molecule has 0 fully saturated rings. The number of fused-ring (bicyclic) bond motifs is 1. The molecule has 1 N–H and O–H groups in total. The molecule has 0 saturated heterocycles. The van der Waals surface area contributed by atoms with Crippen LogP contribution in [0.15, 0.2) is 46.1 Å². The number of aryl methyl sites for hydroxylation is 1. The van der Waals surface area contributed by atoms with Crippen LogP contribution in [0, 0.1) is 12.8 Å². The van der Waals surface area contributed by atoms with Gasteiger partial charge in [0.1, 0.15) is 18.2 Å². The first kappa shape index (κ1) is 15.0. The molecule has 3 rings (SSSR count). The van der Waals surface area contributed by atoms with Crippen LogP contribution in [0.3, 0.4) is 0 Å². The number of hydrogen-bond donors (Lipinski definition) is 1.